The van der Waals surface area contributed by atoms with Crippen molar-refractivity contribution in [3.63, 3.8) is 0 Å². The van der Waals surface area contributed by atoms with Crippen molar-refractivity contribution in [3.8, 4) is 11.1 Å². The maximum absolute atomic E-state index is 12.9. The molecule has 1 saturated heterocycles. The predicted octanol–water partition coefficient (Wildman–Crippen LogP) is 3.85. The van der Waals surface area contributed by atoms with Gasteiger partial charge in [0.2, 0.25) is 0 Å². The van der Waals surface area contributed by atoms with E-state index in [0.29, 0.717) is 0 Å². The summed E-state index contributed by atoms with van der Waals surface area (Å²) in [6.07, 6.45) is 2.43. The molecule has 0 aromatic heterocycles. The summed E-state index contributed by atoms with van der Waals surface area (Å²) >= 11 is 0. The highest BCUT2D eigenvalue weighted by atomic mass is 16.1. The molecule has 0 unspecified atom stereocenters. The number of benzene rings is 3. The van der Waals surface area contributed by atoms with E-state index in [-0.39, 0.29) is 11.3 Å². The Balaban J connectivity index is 1.23. The Bertz CT molecular complexity index is 1110. The summed E-state index contributed by atoms with van der Waals surface area (Å²) in [5.41, 5.74) is 9.86. The third-order valence-corrected chi connectivity index (χ3v) is 7.08. The van der Waals surface area contributed by atoms with E-state index >= 15 is 0 Å². The number of nitrogens with two attached hydrogens (primary N) is 1. The highest BCUT2D eigenvalue weighted by Gasteiger charge is 2.44. The number of nitrogen functional groups attached to an aromatic ring is 1. The van der Waals surface area contributed by atoms with E-state index in [0.717, 1.165) is 72.4 Å². The number of likely N-dealkylation sites (N-methyl/N-ethyl adjacent to an activating group) is 1. The van der Waals surface area contributed by atoms with E-state index < -0.39 is 0 Å². The SMILES string of the molecule is CN1CCN(CC2(CNC(=O)c3ccc4cc(-c5ccc(N)cc5)ccc4c3)CC2)CC1. The molecule has 1 amide bonds. The van der Waals surface area contributed by atoms with Crippen LogP contribution >= 0.6 is 0 Å². The van der Waals surface area contributed by atoms with Crippen molar-refractivity contribution < 1.29 is 4.79 Å². The Labute approximate surface area is 190 Å². The Morgan fingerprint density at radius 2 is 1.56 bits per heavy atom. The van der Waals surface area contributed by atoms with Crippen LogP contribution in [0.15, 0.2) is 60.7 Å². The maximum Gasteiger partial charge on any atom is 0.251 e. The largest absolute Gasteiger partial charge is 0.399 e. The first kappa shape index (κ1) is 21.0. The number of amides is 1. The van der Waals surface area contributed by atoms with Crippen molar-refractivity contribution in [2.75, 3.05) is 52.0 Å². The molecule has 5 heteroatoms. The van der Waals surface area contributed by atoms with Gasteiger partial charge >= 0.3 is 0 Å². The van der Waals surface area contributed by atoms with Crippen LogP contribution in [0.3, 0.4) is 0 Å². The van der Waals surface area contributed by atoms with Gasteiger partial charge in [0.15, 0.2) is 0 Å². The van der Waals surface area contributed by atoms with Crippen molar-refractivity contribution >= 4 is 22.4 Å². The Morgan fingerprint density at radius 3 is 2.28 bits per heavy atom. The van der Waals surface area contributed by atoms with Crippen molar-refractivity contribution in [3.05, 3.63) is 66.2 Å². The first-order valence-corrected chi connectivity index (χ1v) is 11.6. The Kier molecular flexibility index (Phi) is 5.62. The lowest BCUT2D eigenvalue weighted by molar-refractivity contribution is 0.0927. The standard InChI is InChI=1S/C27H32N4O/c1-30-12-14-31(15-13-30)19-27(10-11-27)18-29-26(32)24-5-4-22-16-21(2-3-23(22)17-24)20-6-8-25(28)9-7-20/h2-9,16-17H,10-15,18-19,28H2,1H3,(H,29,32). The summed E-state index contributed by atoms with van der Waals surface area (Å²) < 4.78 is 0. The number of hydrogen-bond donors (Lipinski definition) is 2. The van der Waals surface area contributed by atoms with Gasteiger partial charge in [0.1, 0.15) is 0 Å². The molecule has 166 valence electrons. The minimum Gasteiger partial charge on any atom is -0.399 e. The van der Waals surface area contributed by atoms with Crippen LogP contribution in [0.1, 0.15) is 23.2 Å². The van der Waals surface area contributed by atoms with Gasteiger partial charge in [-0.1, -0.05) is 30.3 Å². The molecule has 3 aromatic rings. The number of fused-ring (bicyclic) bond motifs is 1. The monoisotopic (exact) mass is 428 g/mol. The molecule has 3 aromatic carbocycles. The second kappa shape index (κ2) is 8.57. The van der Waals surface area contributed by atoms with Gasteiger partial charge in [-0.2, -0.15) is 0 Å². The molecule has 2 aliphatic rings. The minimum absolute atomic E-state index is 0.0270. The van der Waals surface area contributed by atoms with Crippen molar-refractivity contribution in [1.82, 2.24) is 15.1 Å². The number of rotatable bonds is 6. The number of carbonyl (C=O) groups excluding carboxylic acids is 1. The Hall–Kier alpha value is -2.89. The van der Waals surface area contributed by atoms with Gasteiger partial charge in [0.25, 0.3) is 5.91 Å². The Morgan fingerprint density at radius 1 is 0.906 bits per heavy atom. The minimum atomic E-state index is 0.0270. The zero-order valence-corrected chi connectivity index (χ0v) is 18.8. The second-order valence-corrected chi connectivity index (χ2v) is 9.66. The molecule has 32 heavy (non-hydrogen) atoms. The normalized spacial score (nSPS) is 18.5. The smallest absolute Gasteiger partial charge is 0.251 e. The van der Waals surface area contributed by atoms with E-state index in [1.54, 1.807) is 0 Å². The maximum atomic E-state index is 12.9. The zero-order chi connectivity index (χ0) is 22.1. The van der Waals surface area contributed by atoms with Gasteiger partial charge in [-0.05, 0) is 72.1 Å². The quantitative estimate of drug-likeness (QED) is 0.586. The number of nitrogens with zero attached hydrogens (tertiary/aromatic N) is 2. The predicted molar refractivity (Wildman–Crippen MR) is 132 cm³/mol. The molecule has 5 nitrogen and oxygen atoms in total. The highest BCUT2D eigenvalue weighted by molar-refractivity contribution is 5.99. The number of nitrogens with one attached hydrogen (secondary N) is 1. The van der Waals surface area contributed by atoms with Gasteiger partial charge in [0, 0.05) is 55.9 Å². The summed E-state index contributed by atoms with van der Waals surface area (Å²) in [4.78, 5) is 17.8. The third kappa shape index (κ3) is 4.64. The van der Waals surface area contributed by atoms with Crippen molar-refractivity contribution in [2.45, 2.75) is 12.8 Å². The van der Waals surface area contributed by atoms with Crippen molar-refractivity contribution in [2.24, 2.45) is 5.41 Å². The highest BCUT2D eigenvalue weighted by Crippen LogP contribution is 2.45. The van der Waals surface area contributed by atoms with Gasteiger partial charge < -0.3 is 20.9 Å². The number of piperazine rings is 1. The van der Waals surface area contributed by atoms with Gasteiger partial charge in [-0.15, -0.1) is 0 Å². The van der Waals surface area contributed by atoms with Gasteiger partial charge in [0.05, 0.1) is 0 Å². The molecule has 3 N–H and O–H groups in total. The number of anilines is 1. The number of carbonyl (C=O) groups is 1. The second-order valence-electron chi connectivity index (χ2n) is 9.66. The lowest BCUT2D eigenvalue weighted by atomic mass is 9.99. The fraction of sp³-hybridized carbons (Fsp3) is 0.370. The van der Waals surface area contributed by atoms with Crippen LogP contribution in [0.25, 0.3) is 21.9 Å². The fourth-order valence-corrected chi connectivity index (χ4v) is 4.66. The summed E-state index contributed by atoms with van der Waals surface area (Å²) in [7, 11) is 2.19. The first-order valence-electron chi connectivity index (χ1n) is 11.6. The van der Waals surface area contributed by atoms with E-state index in [2.05, 4.69) is 40.4 Å². The van der Waals surface area contributed by atoms with Gasteiger partial charge in [-0.25, -0.2) is 0 Å². The first-order chi connectivity index (χ1) is 15.5. The molecule has 0 atom stereocenters. The molecule has 1 heterocycles. The molecular weight excluding hydrogens is 396 g/mol. The van der Waals surface area contributed by atoms with Crippen LogP contribution in [-0.4, -0.2) is 62.0 Å². The average molecular weight is 429 g/mol. The zero-order valence-electron chi connectivity index (χ0n) is 18.8. The summed E-state index contributed by atoms with van der Waals surface area (Å²) in [5, 5.41) is 5.43. The lowest BCUT2D eigenvalue weighted by Gasteiger charge is -2.34. The lowest BCUT2D eigenvalue weighted by Crippen LogP contribution is -2.47. The summed E-state index contributed by atoms with van der Waals surface area (Å²) in [5.74, 6) is 0.0270. The van der Waals surface area contributed by atoms with E-state index in [4.69, 9.17) is 5.73 Å². The molecule has 0 bridgehead atoms. The van der Waals surface area contributed by atoms with E-state index in [1.807, 2.05) is 42.5 Å². The topological polar surface area (TPSA) is 61.6 Å². The summed E-state index contributed by atoms with van der Waals surface area (Å²) in [6.45, 7) is 6.42. The van der Waals surface area contributed by atoms with E-state index in [1.165, 1.54) is 12.8 Å². The molecule has 0 spiro atoms. The van der Waals surface area contributed by atoms with Crippen LogP contribution in [0, 0.1) is 5.41 Å². The van der Waals surface area contributed by atoms with Crippen LogP contribution in [0.4, 0.5) is 5.69 Å². The molecule has 1 aliphatic heterocycles. The molecular formula is C27H32N4O. The molecule has 0 radical (unpaired) electrons. The van der Waals surface area contributed by atoms with Crippen LogP contribution in [0.5, 0.6) is 0 Å². The van der Waals surface area contributed by atoms with Crippen LogP contribution in [0.2, 0.25) is 0 Å². The average Bonchev–Trinajstić information content (AvgIpc) is 3.58. The third-order valence-electron chi connectivity index (χ3n) is 7.08. The molecule has 2 fully saturated rings. The molecule has 1 saturated carbocycles. The van der Waals surface area contributed by atoms with Crippen LogP contribution in [-0.2, 0) is 0 Å². The molecule has 5 rings (SSSR count). The summed E-state index contributed by atoms with van der Waals surface area (Å²) in [6, 6.07) is 20.2. The van der Waals surface area contributed by atoms with Crippen molar-refractivity contribution in [1.29, 1.82) is 0 Å². The van der Waals surface area contributed by atoms with E-state index in [9.17, 15) is 4.79 Å². The van der Waals surface area contributed by atoms with Gasteiger partial charge in [-0.3, -0.25) is 4.79 Å². The van der Waals surface area contributed by atoms with Crippen LogP contribution < -0.4 is 11.1 Å². The number of hydrogen-bond acceptors (Lipinski definition) is 4. The molecule has 1 aliphatic carbocycles. The fourth-order valence-electron chi connectivity index (χ4n) is 4.66.